The van der Waals surface area contributed by atoms with Gasteiger partial charge >= 0.3 is 5.97 Å². The van der Waals surface area contributed by atoms with Gasteiger partial charge in [0.2, 0.25) is 5.43 Å². The van der Waals surface area contributed by atoms with Gasteiger partial charge in [0, 0.05) is 30.5 Å². The highest BCUT2D eigenvalue weighted by Gasteiger charge is 2.17. The van der Waals surface area contributed by atoms with Crippen LogP contribution in [-0.4, -0.2) is 20.2 Å². The number of hydrogen-bond donors (Lipinski definition) is 1. The number of carbonyl (C=O) groups is 1. The van der Waals surface area contributed by atoms with Crippen LogP contribution in [0, 0.1) is 5.82 Å². The topological polar surface area (TPSA) is 64.2 Å². The predicted molar refractivity (Wildman–Crippen MR) is 84.7 cm³/mol. The summed E-state index contributed by atoms with van der Waals surface area (Å²) in [5.74, 6) is -1.88. The number of rotatable bonds is 4. The van der Waals surface area contributed by atoms with Gasteiger partial charge in [0.05, 0.1) is 11.2 Å². The minimum absolute atomic E-state index is 0.0757. The second-order valence-electron chi connectivity index (χ2n) is 5.28. The van der Waals surface area contributed by atoms with Crippen molar-refractivity contribution in [3.8, 4) is 5.69 Å². The predicted octanol–water partition coefficient (Wildman–Crippen LogP) is 3.04. The summed E-state index contributed by atoms with van der Waals surface area (Å²) in [6.07, 6.45) is 5.50. The molecule has 2 aromatic heterocycles. The molecule has 0 aliphatic rings. The Bertz CT molecular complexity index is 943. The molecule has 6 heteroatoms. The number of aromatic carboxylic acids is 1. The van der Waals surface area contributed by atoms with E-state index in [1.165, 1.54) is 6.20 Å². The molecule has 0 amide bonds. The van der Waals surface area contributed by atoms with E-state index >= 15 is 0 Å². The summed E-state index contributed by atoms with van der Waals surface area (Å²) in [7, 11) is 0. The highest BCUT2D eigenvalue weighted by molar-refractivity contribution is 5.93. The lowest BCUT2D eigenvalue weighted by atomic mass is 10.1. The SMILES string of the molecule is CCCn1cc(C(=O)O)c(=O)c2cc(F)c(-n3cccc3)cc21. The van der Waals surface area contributed by atoms with Crippen LogP contribution >= 0.6 is 0 Å². The molecular formula is C17H15FN2O3. The van der Waals surface area contributed by atoms with E-state index in [1.807, 2.05) is 6.92 Å². The first-order valence-corrected chi connectivity index (χ1v) is 7.26. The lowest BCUT2D eigenvalue weighted by molar-refractivity contribution is 0.0695. The molecular weight excluding hydrogens is 299 g/mol. The summed E-state index contributed by atoms with van der Waals surface area (Å²) < 4.78 is 17.7. The fourth-order valence-electron chi connectivity index (χ4n) is 2.67. The highest BCUT2D eigenvalue weighted by Crippen LogP contribution is 2.21. The molecule has 1 N–H and O–H groups in total. The van der Waals surface area contributed by atoms with Gasteiger partial charge in [-0.3, -0.25) is 4.79 Å². The first-order valence-electron chi connectivity index (χ1n) is 7.26. The van der Waals surface area contributed by atoms with Crippen molar-refractivity contribution in [1.82, 2.24) is 9.13 Å². The molecule has 5 nitrogen and oxygen atoms in total. The van der Waals surface area contributed by atoms with Crippen LogP contribution < -0.4 is 5.43 Å². The number of carboxylic acid groups (broad SMARTS) is 1. The molecule has 0 fully saturated rings. The molecule has 3 rings (SSSR count). The van der Waals surface area contributed by atoms with Gasteiger partial charge in [0.1, 0.15) is 11.4 Å². The molecule has 0 bridgehead atoms. The first kappa shape index (κ1) is 15.0. The molecule has 0 spiro atoms. The van der Waals surface area contributed by atoms with Crippen LogP contribution in [0.4, 0.5) is 4.39 Å². The van der Waals surface area contributed by atoms with E-state index in [4.69, 9.17) is 0 Å². The number of benzene rings is 1. The number of aryl methyl sites for hydroxylation is 1. The van der Waals surface area contributed by atoms with Gasteiger partial charge in [-0.1, -0.05) is 6.92 Å². The zero-order valence-electron chi connectivity index (χ0n) is 12.5. The largest absolute Gasteiger partial charge is 0.477 e. The van der Waals surface area contributed by atoms with Crippen LogP contribution in [0.25, 0.3) is 16.6 Å². The quantitative estimate of drug-likeness (QED) is 0.805. The van der Waals surface area contributed by atoms with Crippen molar-refractivity contribution in [2.75, 3.05) is 0 Å². The van der Waals surface area contributed by atoms with Gasteiger partial charge in [0.15, 0.2) is 0 Å². The monoisotopic (exact) mass is 314 g/mol. The first-order chi connectivity index (χ1) is 11.0. The van der Waals surface area contributed by atoms with Crippen molar-refractivity contribution in [3.05, 3.63) is 64.5 Å². The van der Waals surface area contributed by atoms with Crippen LogP contribution in [0.5, 0.6) is 0 Å². The second kappa shape index (κ2) is 5.72. The third kappa shape index (κ3) is 2.52. The molecule has 1 aromatic carbocycles. The summed E-state index contributed by atoms with van der Waals surface area (Å²) in [5.41, 5.74) is -0.182. The van der Waals surface area contributed by atoms with Crippen molar-refractivity contribution in [3.63, 3.8) is 0 Å². The van der Waals surface area contributed by atoms with E-state index < -0.39 is 17.2 Å². The Hall–Kier alpha value is -2.89. The Labute approximate surface area is 131 Å². The molecule has 0 saturated heterocycles. The number of pyridine rings is 1. The molecule has 118 valence electrons. The Morgan fingerprint density at radius 2 is 1.96 bits per heavy atom. The summed E-state index contributed by atoms with van der Waals surface area (Å²) in [5, 5.41) is 9.26. The van der Waals surface area contributed by atoms with Gasteiger partial charge in [-0.15, -0.1) is 0 Å². The second-order valence-corrected chi connectivity index (χ2v) is 5.28. The Balaban J connectivity index is 2.38. The van der Waals surface area contributed by atoms with E-state index in [-0.39, 0.29) is 10.9 Å². The summed E-state index contributed by atoms with van der Waals surface area (Å²) in [6.45, 7) is 2.48. The average molecular weight is 314 g/mol. The maximum atomic E-state index is 14.4. The fourth-order valence-corrected chi connectivity index (χ4v) is 2.67. The molecule has 2 heterocycles. The standard InChI is InChI=1S/C17H15FN2O3/c1-2-5-20-10-12(17(22)23)16(21)11-8-13(18)15(9-14(11)20)19-6-3-4-7-19/h3-4,6-10H,2,5H2,1H3,(H,22,23). The van der Waals surface area contributed by atoms with Crippen molar-refractivity contribution in [1.29, 1.82) is 0 Å². The summed E-state index contributed by atoms with van der Waals surface area (Å²) in [4.78, 5) is 23.6. The molecule has 0 saturated carbocycles. The summed E-state index contributed by atoms with van der Waals surface area (Å²) >= 11 is 0. The third-order valence-corrected chi connectivity index (χ3v) is 3.73. The Morgan fingerprint density at radius 3 is 2.57 bits per heavy atom. The number of halogens is 1. The number of fused-ring (bicyclic) bond motifs is 1. The molecule has 3 aromatic rings. The number of carboxylic acids is 1. The summed E-state index contributed by atoms with van der Waals surface area (Å²) in [6, 6.07) is 6.24. The van der Waals surface area contributed by atoms with E-state index in [0.29, 0.717) is 17.7 Å². The maximum Gasteiger partial charge on any atom is 0.341 e. The van der Waals surface area contributed by atoms with E-state index in [0.717, 1.165) is 12.5 Å². The normalized spacial score (nSPS) is 11.0. The zero-order valence-corrected chi connectivity index (χ0v) is 12.5. The Morgan fingerprint density at radius 1 is 1.26 bits per heavy atom. The van der Waals surface area contributed by atoms with Crippen LogP contribution in [-0.2, 0) is 6.54 Å². The average Bonchev–Trinajstić information content (AvgIpc) is 3.03. The van der Waals surface area contributed by atoms with Crippen molar-refractivity contribution in [2.24, 2.45) is 0 Å². The van der Waals surface area contributed by atoms with E-state index in [1.54, 1.807) is 39.7 Å². The van der Waals surface area contributed by atoms with E-state index in [9.17, 15) is 19.1 Å². The Kier molecular flexibility index (Phi) is 3.73. The minimum atomic E-state index is -1.31. The molecule has 0 unspecified atom stereocenters. The third-order valence-electron chi connectivity index (χ3n) is 3.73. The lowest BCUT2D eigenvalue weighted by Crippen LogP contribution is -2.19. The number of hydrogen-bond acceptors (Lipinski definition) is 2. The fraction of sp³-hybridized carbons (Fsp3) is 0.176. The zero-order chi connectivity index (χ0) is 16.6. The molecule has 0 aliphatic carbocycles. The number of aromatic nitrogens is 2. The van der Waals surface area contributed by atoms with Crippen molar-refractivity contribution >= 4 is 16.9 Å². The van der Waals surface area contributed by atoms with Crippen LogP contribution in [0.15, 0.2) is 47.7 Å². The van der Waals surface area contributed by atoms with Crippen LogP contribution in [0.3, 0.4) is 0 Å². The van der Waals surface area contributed by atoms with Gasteiger partial charge in [-0.2, -0.15) is 0 Å². The molecule has 0 radical (unpaired) electrons. The number of nitrogens with zero attached hydrogens (tertiary/aromatic N) is 2. The van der Waals surface area contributed by atoms with Crippen molar-refractivity contribution < 1.29 is 14.3 Å². The van der Waals surface area contributed by atoms with Gasteiger partial charge < -0.3 is 14.2 Å². The highest BCUT2D eigenvalue weighted by atomic mass is 19.1. The smallest absolute Gasteiger partial charge is 0.341 e. The molecule has 0 aliphatic heterocycles. The lowest BCUT2D eigenvalue weighted by Gasteiger charge is -2.14. The van der Waals surface area contributed by atoms with Crippen LogP contribution in [0.2, 0.25) is 0 Å². The van der Waals surface area contributed by atoms with Crippen molar-refractivity contribution in [2.45, 2.75) is 19.9 Å². The molecule has 0 atom stereocenters. The molecule has 23 heavy (non-hydrogen) atoms. The van der Waals surface area contributed by atoms with Gasteiger partial charge in [-0.05, 0) is 30.7 Å². The van der Waals surface area contributed by atoms with Gasteiger partial charge in [-0.25, -0.2) is 9.18 Å². The minimum Gasteiger partial charge on any atom is -0.477 e. The van der Waals surface area contributed by atoms with Crippen LogP contribution in [0.1, 0.15) is 23.7 Å². The maximum absolute atomic E-state index is 14.4. The van der Waals surface area contributed by atoms with E-state index in [2.05, 4.69) is 0 Å². The van der Waals surface area contributed by atoms with Gasteiger partial charge in [0.25, 0.3) is 0 Å².